The van der Waals surface area contributed by atoms with Gasteiger partial charge < -0.3 is 16.0 Å². The van der Waals surface area contributed by atoms with Crippen LogP contribution in [0.4, 0.5) is 0 Å². The lowest BCUT2D eigenvalue weighted by Crippen LogP contribution is -2.41. The predicted molar refractivity (Wildman–Crippen MR) is 63.6 cm³/mol. The van der Waals surface area contributed by atoms with E-state index in [-0.39, 0.29) is 11.9 Å². The number of amides is 1. The Hall–Kier alpha value is -0.610. The number of rotatable bonds is 8. The molecule has 0 aliphatic rings. The summed E-state index contributed by atoms with van der Waals surface area (Å²) in [6.45, 7) is 6.41. The van der Waals surface area contributed by atoms with Crippen LogP contribution in [0.5, 0.6) is 0 Å². The lowest BCUT2D eigenvalue weighted by Gasteiger charge is -2.22. The maximum atomic E-state index is 11.0. The number of primary amides is 1. The van der Waals surface area contributed by atoms with Crippen LogP contribution >= 0.6 is 0 Å². The molecule has 0 rings (SSSR count). The van der Waals surface area contributed by atoms with Crippen LogP contribution in [0.25, 0.3) is 0 Å². The van der Waals surface area contributed by atoms with Gasteiger partial charge in [-0.25, -0.2) is 0 Å². The van der Waals surface area contributed by atoms with Gasteiger partial charge in [0.25, 0.3) is 0 Å². The summed E-state index contributed by atoms with van der Waals surface area (Å²) >= 11 is 0. The Labute approximate surface area is 93.2 Å². The Morgan fingerprint density at radius 3 is 2.53 bits per heavy atom. The molecule has 0 saturated carbocycles. The molecule has 15 heavy (non-hydrogen) atoms. The Kier molecular flexibility index (Phi) is 7.34. The second kappa shape index (κ2) is 7.65. The lowest BCUT2D eigenvalue weighted by molar-refractivity contribution is -0.120. The van der Waals surface area contributed by atoms with Gasteiger partial charge in [0, 0.05) is 6.54 Å². The van der Waals surface area contributed by atoms with E-state index in [0.717, 1.165) is 19.5 Å². The molecule has 0 aromatic carbocycles. The number of likely N-dealkylation sites (N-methyl/N-ethyl adjacent to an activating group) is 1. The highest BCUT2D eigenvalue weighted by molar-refractivity contribution is 5.79. The van der Waals surface area contributed by atoms with Crippen molar-refractivity contribution in [3.8, 4) is 0 Å². The standard InChI is InChI=1S/C11H25N3O/c1-5-9(2)8-14(4)7-6-10(13-3)11(12)15/h9-10,13H,5-8H2,1-4H3,(H2,12,15). The van der Waals surface area contributed by atoms with Crippen LogP contribution in [-0.2, 0) is 4.79 Å². The van der Waals surface area contributed by atoms with Crippen LogP contribution in [0.1, 0.15) is 26.7 Å². The van der Waals surface area contributed by atoms with Crippen molar-refractivity contribution < 1.29 is 4.79 Å². The number of hydrogen-bond acceptors (Lipinski definition) is 3. The lowest BCUT2D eigenvalue weighted by atomic mass is 10.1. The van der Waals surface area contributed by atoms with Gasteiger partial charge >= 0.3 is 0 Å². The molecule has 0 aliphatic carbocycles. The number of nitrogens with zero attached hydrogens (tertiary/aromatic N) is 1. The molecule has 2 unspecified atom stereocenters. The van der Waals surface area contributed by atoms with E-state index >= 15 is 0 Å². The van der Waals surface area contributed by atoms with Gasteiger partial charge in [0.05, 0.1) is 6.04 Å². The van der Waals surface area contributed by atoms with Gasteiger partial charge in [-0.1, -0.05) is 20.3 Å². The van der Waals surface area contributed by atoms with Gasteiger partial charge in [0.1, 0.15) is 0 Å². The fourth-order valence-electron chi connectivity index (χ4n) is 1.53. The van der Waals surface area contributed by atoms with Crippen molar-refractivity contribution in [3.05, 3.63) is 0 Å². The molecule has 0 aromatic rings. The van der Waals surface area contributed by atoms with Gasteiger partial charge in [-0.3, -0.25) is 4.79 Å². The van der Waals surface area contributed by atoms with Crippen molar-refractivity contribution in [2.45, 2.75) is 32.7 Å². The quantitative estimate of drug-likeness (QED) is 0.617. The van der Waals surface area contributed by atoms with Crippen LogP contribution in [0, 0.1) is 5.92 Å². The first-order valence-corrected chi connectivity index (χ1v) is 5.66. The van der Waals surface area contributed by atoms with Crippen LogP contribution in [0.3, 0.4) is 0 Å². The van der Waals surface area contributed by atoms with E-state index in [4.69, 9.17) is 5.73 Å². The minimum absolute atomic E-state index is 0.204. The molecule has 0 spiro atoms. The van der Waals surface area contributed by atoms with E-state index in [2.05, 4.69) is 31.1 Å². The van der Waals surface area contributed by atoms with E-state index in [1.54, 1.807) is 7.05 Å². The molecule has 0 saturated heterocycles. The van der Waals surface area contributed by atoms with Gasteiger partial charge in [-0.05, 0) is 33.0 Å². The molecule has 90 valence electrons. The highest BCUT2D eigenvalue weighted by atomic mass is 16.1. The molecule has 4 heteroatoms. The molecular weight excluding hydrogens is 190 g/mol. The average Bonchev–Trinajstić information content (AvgIpc) is 2.17. The fourth-order valence-corrected chi connectivity index (χ4v) is 1.53. The summed E-state index contributed by atoms with van der Waals surface area (Å²) < 4.78 is 0. The molecule has 0 bridgehead atoms. The van der Waals surface area contributed by atoms with Crippen molar-refractivity contribution in [3.63, 3.8) is 0 Å². The maximum absolute atomic E-state index is 11.0. The van der Waals surface area contributed by atoms with Crippen LogP contribution < -0.4 is 11.1 Å². The van der Waals surface area contributed by atoms with Gasteiger partial charge in [0.15, 0.2) is 0 Å². The van der Waals surface area contributed by atoms with Crippen molar-refractivity contribution in [1.82, 2.24) is 10.2 Å². The summed E-state index contributed by atoms with van der Waals surface area (Å²) in [6.07, 6.45) is 1.97. The molecule has 0 heterocycles. The summed E-state index contributed by atoms with van der Waals surface area (Å²) in [5.74, 6) is 0.436. The number of nitrogens with one attached hydrogen (secondary N) is 1. The highest BCUT2D eigenvalue weighted by Gasteiger charge is 2.13. The Morgan fingerprint density at radius 2 is 2.13 bits per heavy atom. The van der Waals surface area contributed by atoms with Gasteiger partial charge in [0.2, 0.25) is 5.91 Å². The van der Waals surface area contributed by atoms with Crippen LogP contribution in [0.2, 0.25) is 0 Å². The molecule has 0 aromatic heterocycles. The van der Waals surface area contributed by atoms with E-state index in [1.807, 2.05) is 0 Å². The largest absolute Gasteiger partial charge is 0.368 e. The topological polar surface area (TPSA) is 58.4 Å². The Balaban J connectivity index is 3.77. The van der Waals surface area contributed by atoms with E-state index < -0.39 is 0 Å². The first-order chi connectivity index (χ1) is 7.01. The number of nitrogens with two attached hydrogens (primary N) is 1. The smallest absolute Gasteiger partial charge is 0.234 e. The summed E-state index contributed by atoms with van der Waals surface area (Å²) in [6, 6.07) is -0.204. The minimum atomic E-state index is -0.269. The Morgan fingerprint density at radius 1 is 1.53 bits per heavy atom. The number of carbonyl (C=O) groups excluding carboxylic acids is 1. The normalized spacial score (nSPS) is 15.3. The first kappa shape index (κ1) is 14.4. The maximum Gasteiger partial charge on any atom is 0.234 e. The zero-order valence-electron chi connectivity index (χ0n) is 10.4. The third-order valence-corrected chi connectivity index (χ3v) is 2.81. The number of hydrogen-bond donors (Lipinski definition) is 2. The zero-order chi connectivity index (χ0) is 11.8. The molecule has 3 N–H and O–H groups in total. The fraction of sp³-hybridized carbons (Fsp3) is 0.909. The SMILES string of the molecule is CCC(C)CN(C)CCC(NC)C(N)=O. The molecule has 0 aliphatic heterocycles. The molecule has 4 nitrogen and oxygen atoms in total. The zero-order valence-corrected chi connectivity index (χ0v) is 10.4. The Bertz CT molecular complexity index is 185. The minimum Gasteiger partial charge on any atom is -0.368 e. The van der Waals surface area contributed by atoms with E-state index in [9.17, 15) is 4.79 Å². The summed E-state index contributed by atoms with van der Waals surface area (Å²) in [5, 5.41) is 2.92. The number of carbonyl (C=O) groups is 1. The molecule has 2 atom stereocenters. The predicted octanol–water partition coefficient (Wildman–Crippen LogP) is 0.428. The van der Waals surface area contributed by atoms with Crippen molar-refractivity contribution >= 4 is 5.91 Å². The third-order valence-electron chi connectivity index (χ3n) is 2.81. The summed E-state index contributed by atoms with van der Waals surface area (Å²) in [4.78, 5) is 13.2. The van der Waals surface area contributed by atoms with E-state index in [1.165, 1.54) is 6.42 Å². The summed E-state index contributed by atoms with van der Waals surface area (Å²) in [5.41, 5.74) is 5.24. The molecule has 0 radical (unpaired) electrons. The highest BCUT2D eigenvalue weighted by Crippen LogP contribution is 2.03. The van der Waals surface area contributed by atoms with Crippen LogP contribution in [-0.4, -0.2) is 44.0 Å². The summed E-state index contributed by atoms with van der Waals surface area (Å²) in [7, 11) is 3.85. The van der Waals surface area contributed by atoms with Gasteiger partial charge in [-0.15, -0.1) is 0 Å². The second-order valence-corrected chi connectivity index (χ2v) is 4.31. The van der Waals surface area contributed by atoms with Crippen molar-refractivity contribution in [2.75, 3.05) is 27.2 Å². The average molecular weight is 215 g/mol. The van der Waals surface area contributed by atoms with Crippen molar-refractivity contribution in [1.29, 1.82) is 0 Å². The first-order valence-electron chi connectivity index (χ1n) is 5.66. The van der Waals surface area contributed by atoms with Crippen LogP contribution in [0.15, 0.2) is 0 Å². The van der Waals surface area contributed by atoms with E-state index in [0.29, 0.717) is 5.92 Å². The molecular formula is C11H25N3O. The molecule has 0 fully saturated rings. The van der Waals surface area contributed by atoms with Crippen molar-refractivity contribution in [2.24, 2.45) is 11.7 Å². The second-order valence-electron chi connectivity index (χ2n) is 4.31. The monoisotopic (exact) mass is 215 g/mol. The molecule has 1 amide bonds. The third kappa shape index (κ3) is 6.47. The van der Waals surface area contributed by atoms with Gasteiger partial charge in [-0.2, -0.15) is 0 Å².